The second kappa shape index (κ2) is 6.55. The Balaban J connectivity index is 1.78. The molecule has 2 rings (SSSR count). The first kappa shape index (κ1) is 13.1. The van der Waals surface area contributed by atoms with E-state index in [0.29, 0.717) is 11.6 Å². The number of likely N-dealkylation sites (tertiary alicyclic amines) is 1. The number of carbonyl (C=O) groups is 1. The lowest BCUT2D eigenvalue weighted by Gasteiger charge is -2.32. The highest BCUT2D eigenvalue weighted by Crippen LogP contribution is 2.18. The molecule has 0 spiro atoms. The van der Waals surface area contributed by atoms with E-state index in [2.05, 4.69) is 11.9 Å². The smallest absolute Gasteiger partial charge is 0.150 e. The first-order valence-electron chi connectivity index (χ1n) is 6.68. The lowest BCUT2D eigenvalue weighted by molar-refractivity contribution is 0.112. The number of rotatable bonds is 5. The maximum Gasteiger partial charge on any atom is 0.150 e. The average molecular weight is 247 g/mol. The third-order valence-electron chi connectivity index (χ3n) is 3.64. The molecule has 0 radical (unpaired) electrons. The van der Waals surface area contributed by atoms with Gasteiger partial charge in [-0.15, -0.1) is 0 Å². The SMILES string of the molecule is CN1CCCCC1CCOc1cccc(C=O)c1. The van der Waals surface area contributed by atoms with E-state index in [9.17, 15) is 4.79 Å². The third-order valence-corrected chi connectivity index (χ3v) is 3.64. The summed E-state index contributed by atoms with van der Waals surface area (Å²) >= 11 is 0. The molecule has 0 bridgehead atoms. The van der Waals surface area contributed by atoms with Gasteiger partial charge in [0.05, 0.1) is 6.61 Å². The van der Waals surface area contributed by atoms with Gasteiger partial charge in [-0.05, 0) is 45.0 Å². The Morgan fingerprint density at radius 2 is 2.33 bits per heavy atom. The van der Waals surface area contributed by atoms with Crippen molar-refractivity contribution in [2.24, 2.45) is 0 Å². The molecule has 0 saturated carbocycles. The molecule has 0 aromatic heterocycles. The van der Waals surface area contributed by atoms with Crippen LogP contribution in [0, 0.1) is 0 Å². The van der Waals surface area contributed by atoms with E-state index < -0.39 is 0 Å². The normalized spacial score (nSPS) is 20.6. The van der Waals surface area contributed by atoms with E-state index in [1.807, 2.05) is 12.1 Å². The summed E-state index contributed by atoms with van der Waals surface area (Å²) in [6.07, 6.45) is 5.82. The second-order valence-corrected chi connectivity index (χ2v) is 4.96. The number of aldehydes is 1. The van der Waals surface area contributed by atoms with Crippen LogP contribution in [0.25, 0.3) is 0 Å². The zero-order valence-corrected chi connectivity index (χ0v) is 11.0. The van der Waals surface area contributed by atoms with Gasteiger partial charge < -0.3 is 9.64 Å². The Hall–Kier alpha value is -1.35. The van der Waals surface area contributed by atoms with Crippen LogP contribution in [0.15, 0.2) is 24.3 Å². The topological polar surface area (TPSA) is 29.5 Å². The molecule has 1 saturated heterocycles. The van der Waals surface area contributed by atoms with Crippen LogP contribution < -0.4 is 4.74 Å². The minimum absolute atomic E-state index is 0.646. The van der Waals surface area contributed by atoms with Gasteiger partial charge in [0.1, 0.15) is 12.0 Å². The summed E-state index contributed by atoms with van der Waals surface area (Å²) in [5.41, 5.74) is 0.669. The molecular formula is C15H21NO2. The number of hydrogen-bond acceptors (Lipinski definition) is 3. The quantitative estimate of drug-likeness (QED) is 0.749. The van der Waals surface area contributed by atoms with Crippen LogP contribution in [0.2, 0.25) is 0 Å². The number of carbonyl (C=O) groups excluding carboxylic acids is 1. The first-order chi connectivity index (χ1) is 8.79. The minimum Gasteiger partial charge on any atom is -0.494 e. The molecule has 3 heteroatoms. The Bertz CT molecular complexity index is 392. The fraction of sp³-hybridized carbons (Fsp3) is 0.533. The molecule has 1 aliphatic rings. The predicted molar refractivity (Wildman–Crippen MR) is 72.2 cm³/mol. The molecular weight excluding hydrogens is 226 g/mol. The van der Waals surface area contributed by atoms with Crippen LogP contribution in [0.4, 0.5) is 0 Å². The Labute approximate surface area is 109 Å². The predicted octanol–water partition coefficient (Wildman–Crippen LogP) is 2.75. The standard InChI is InChI=1S/C15H21NO2/c1-16-9-3-2-6-14(16)8-10-18-15-7-4-5-13(11-15)12-17/h4-5,7,11-12,14H,2-3,6,8-10H2,1H3. The van der Waals surface area contributed by atoms with E-state index in [1.165, 1.54) is 25.8 Å². The summed E-state index contributed by atoms with van der Waals surface area (Å²) in [4.78, 5) is 13.1. The average Bonchev–Trinajstić information content (AvgIpc) is 2.41. The molecule has 1 heterocycles. The van der Waals surface area contributed by atoms with Crippen molar-refractivity contribution in [2.75, 3.05) is 20.2 Å². The zero-order valence-electron chi connectivity index (χ0n) is 11.0. The van der Waals surface area contributed by atoms with E-state index in [0.717, 1.165) is 25.1 Å². The maximum absolute atomic E-state index is 10.7. The van der Waals surface area contributed by atoms with E-state index in [1.54, 1.807) is 12.1 Å². The fourth-order valence-electron chi connectivity index (χ4n) is 2.50. The minimum atomic E-state index is 0.646. The van der Waals surface area contributed by atoms with Crippen molar-refractivity contribution < 1.29 is 9.53 Å². The van der Waals surface area contributed by atoms with Crippen molar-refractivity contribution in [1.29, 1.82) is 0 Å². The van der Waals surface area contributed by atoms with E-state index in [4.69, 9.17) is 4.74 Å². The molecule has 1 aromatic rings. The maximum atomic E-state index is 10.7. The molecule has 1 unspecified atom stereocenters. The summed E-state index contributed by atoms with van der Waals surface area (Å²) in [6.45, 7) is 1.92. The highest BCUT2D eigenvalue weighted by atomic mass is 16.5. The monoisotopic (exact) mass is 247 g/mol. The number of ether oxygens (including phenoxy) is 1. The van der Waals surface area contributed by atoms with Gasteiger partial charge in [0.2, 0.25) is 0 Å². The number of piperidine rings is 1. The van der Waals surface area contributed by atoms with E-state index in [-0.39, 0.29) is 0 Å². The van der Waals surface area contributed by atoms with Crippen molar-refractivity contribution in [1.82, 2.24) is 4.90 Å². The van der Waals surface area contributed by atoms with Crippen LogP contribution in [-0.2, 0) is 0 Å². The van der Waals surface area contributed by atoms with Crippen LogP contribution in [0.5, 0.6) is 5.75 Å². The van der Waals surface area contributed by atoms with Crippen molar-refractivity contribution in [3.63, 3.8) is 0 Å². The Morgan fingerprint density at radius 1 is 1.44 bits per heavy atom. The van der Waals surface area contributed by atoms with Crippen molar-refractivity contribution in [3.05, 3.63) is 29.8 Å². The van der Waals surface area contributed by atoms with Crippen LogP contribution in [0.1, 0.15) is 36.0 Å². The van der Waals surface area contributed by atoms with Crippen LogP contribution in [0.3, 0.4) is 0 Å². The van der Waals surface area contributed by atoms with Crippen molar-refractivity contribution >= 4 is 6.29 Å². The lowest BCUT2D eigenvalue weighted by Crippen LogP contribution is -2.37. The molecule has 0 amide bonds. The lowest BCUT2D eigenvalue weighted by atomic mass is 10.0. The van der Waals surface area contributed by atoms with Crippen LogP contribution >= 0.6 is 0 Å². The van der Waals surface area contributed by atoms with Gasteiger partial charge in [-0.2, -0.15) is 0 Å². The molecule has 1 aromatic carbocycles. The highest BCUT2D eigenvalue weighted by Gasteiger charge is 2.18. The third kappa shape index (κ3) is 3.57. The molecule has 3 nitrogen and oxygen atoms in total. The molecule has 98 valence electrons. The molecule has 0 N–H and O–H groups in total. The van der Waals surface area contributed by atoms with Gasteiger partial charge in [-0.3, -0.25) is 4.79 Å². The van der Waals surface area contributed by atoms with E-state index >= 15 is 0 Å². The Kier molecular flexibility index (Phi) is 4.76. The molecule has 18 heavy (non-hydrogen) atoms. The molecule has 1 atom stereocenters. The zero-order chi connectivity index (χ0) is 12.8. The van der Waals surface area contributed by atoms with Crippen molar-refractivity contribution in [3.8, 4) is 5.75 Å². The Morgan fingerprint density at radius 3 is 3.11 bits per heavy atom. The van der Waals surface area contributed by atoms with Gasteiger partial charge in [0.25, 0.3) is 0 Å². The van der Waals surface area contributed by atoms with Gasteiger partial charge in [-0.1, -0.05) is 18.6 Å². The number of hydrogen-bond donors (Lipinski definition) is 0. The van der Waals surface area contributed by atoms with Crippen molar-refractivity contribution in [2.45, 2.75) is 31.7 Å². The molecule has 1 aliphatic heterocycles. The fourth-order valence-corrected chi connectivity index (χ4v) is 2.50. The van der Waals surface area contributed by atoms with Gasteiger partial charge in [-0.25, -0.2) is 0 Å². The van der Waals surface area contributed by atoms with Gasteiger partial charge in [0.15, 0.2) is 0 Å². The summed E-state index contributed by atoms with van der Waals surface area (Å²) in [6, 6.07) is 7.98. The van der Waals surface area contributed by atoms with Crippen LogP contribution in [-0.4, -0.2) is 37.4 Å². The number of benzene rings is 1. The first-order valence-corrected chi connectivity index (χ1v) is 6.68. The molecule has 1 fully saturated rings. The summed E-state index contributed by atoms with van der Waals surface area (Å²) in [5.74, 6) is 0.790. The summed E-state index contributed by atoms with van der Waals surface area (Å²) < 4.78 is 5.71. The molecule has 0 aliphatic carbocycles. The van der Waals surface area contributed by atoms with Gasteiger partial charge >= 0.3 is 0 Å². The summed E-state index contributed by atoms with van der Waals surface area (Å²) in [7, 11) is 2.19. The number of nitrogens with zero attached hydrogens (tertiary/aromatic N) is 1. The largest absolute Gasteiger partial charge is 0.494 e. The highest BCUT2D eigenvalue weighted by molar-refractivity contribution is 5.75. The van der Waals surface area contributed by atoms with Gasteiger partial charge in [0, 0.05) is 11.6 Å². The second-order valence-electron chi connectivity index (χ2n) is 4.96. The summed E-state index contributed by atoms with van der Waals surface area (Å²) in [5, 5.41) is 0.